The number of alkyl halides is 1. The molecule has 0 amide bonds. The zero-order valence-corrected chi connectivity index (χ0v) is 19.9. The van der Waals surface area contributed by atoms with Crippen LogP contribution in [0.5, 0.6) is 0 Å². The predicted molar refractivity (Wildman–Crippen MR) is 129 cm³/mol. The van der Waals surface area contributed by atoms with Crippen molar-refractivity contribution in [1.29, 1.82) is 5.26 Å². The minimum Gasteiger partial charge on any atom is -0.355 e. The molecule has 0 radical (unpaired) electrons. The van der Waals surface area contributed by atoms with Crippen molar-refractivity contribution in [3.8, 4) is 11.8 Å². The van der Waals surface area contributed by atoms with Gasteiger partial charge in [-0.3, -0.25) is 9.47 Å². The molecule has 178 valence electrons. The van der Waals surface area contributed by atoms with Crippen molar-refractivity contribution in [2.24, 2.45) is 5.41 Å². The summed E-state index contributed by atoms with van der Waals surface area (Å²) in [4.78, 5) is 11.1. The van der Waals surface area contributed by atoms with E-state index in [0.717, 1.165) is 55.0 Å². The number of anilines is 2. The summed E-state index contributed by atoms with van der Waals surface area (Å²) in [6.07, 6.45) is 1.26. The Morgan fingerprint density at radius 1 is 1.03 bits per heavy atom. The SMILES string of the molecule is N#Cc1cccc(N2CC3(C2)CN(c2nnc4n2-c2ccc(Cl)cc2CN(CC2(F)CC2)C4)C3)n1. The quantitative estimate of drug-likeness (QED) is 0.555. The molecular formula is C25H24ClFN8. The van der Waals surface area contributed by atoms with Gasteiger partial charge in [0.25, 0.3) is 0 Å². The molecule has 35 heavy (non-hydrogen) atoms. The second kappa shape index (κ2) is 7.39. The molecule has 3 aromatic rings. The number of halogens is 2. The minimum absolute atomic E-state index is 0.197. The number of fused-ring (bicyclic) bond motifs is 3. The summed E-state index contributed by atoms with van der Waals surface area (Å²) in [5.74, 6) is 2.52. The Bertz CT molecular complexity index is 1360. The van der Waals surface area contributed by atoms with Crippen molar-refractivity contribution in [3.05, 3.63) is 58.5 Å². The van der Waals surface area contributed by atoms with Crippen LogP contribution in [0.1, 0.15) is 29.9 Å². The number of aromatic nitrogens is 4. The van der Waals surface area contributed by atoms with Crippen LogP contribution in [-0.2, 0) is 13.1 Å². The van der Waals surface area contributed by atoms with E-state index in [2.05, 4.69) is 40.5 Å². The van der Waals surface area contributed by atoms with Crippen LogP contribution in [0.25, 0.3) is 5.69 Å². The first-order valence-electron chi connectivity index (χ1n) is 11.9. The fourth-order valence-corrected chi connectivity index (χ4v) is 5.95. The summed E-state index contributed by atoms with van der Waals surface area (Å²) in [5, 5.41) is 18.9. The first-order chi connectivity index (χ1) is 16.9. The van der Waals surface area contributed by atoms with Gasteiger partial charge in [0.2, 0.25) is 5.95 Å². The lowest BCUT2D eigenvalue weighted by Crippen LogP contribution is -2.73. The molecule has 2 aromatic heterocycles. The number of hydrogen-bond acceptors (Lipinski definition) is 7. The molecule has 7 rings (SSSR count). The molecule has 1 spiro atoms. The fraction of sp³-hybridized carbons (Fsp3) is 0.440. The molecule has 5 heterocycles. The van der Waals surface area contributed by atoms with E-state index in [9.17, 15) is 4.39 Å². The zero-order valence-electron chi connectivity index (χ0n) is 19.2. The number of rotatable bonds is 4. The predicted octanol–water partition coefficient (Wildman–Crippen LogP) is 3.33. The van der Waals surface area contributed by atoms with Crippen molar-refractivity contribution < 1.29 is 4.39 Å². The molecule has 0 bridgehead atoms. The van der Waals surface area contributed by atoms with Gasteiger partial charge >= 0.3 is 0 Å². The van der Waals surface area contributed by atoms with Gasteiger partial charge in [0.1, 0.15) is 23.2 Å². The summed E-state index contributed by atoms with van der Waals surface area (Å²) in [6, 6.07) is 13.6. The van der Waals surface area contributed by atoms with Crippen molar-refractivity contribution in [3.63, 3.8) is 0 Å². The number of benzene rings is 1. The van der Waals surface area contributed by atoms with E-state index in [0.29, 0.717) is 43.2 Å². The Morgan fingerprint density at radius 3 is 2.60 bits per heavy atom. The highest BCUT2D eigenvalue weighted by atomic mass is 35.5. The van der Waals surface area contributed by atoms with Crippen LogP contribution in [0.2, 0.25) is 5.02 Å². The Kier molecular flexibility index (Phi) is 4.45. The molecule has 1 aliphatic carbocycles. The fourth-order valence-electron chi connectivity index (χ4n) is 5.76. The Balaban J connectivity index is 1.12. The van der Waals surface area contributed by atoms with Crippen molar-refractivity contribution in [2.45, 2.75) is 31.6 Å². The van der Waals surface area contributed by atoms with Crippen LogP contribution >= 0.6 is 11.6 Å². The van der Waals surface area contributed by atoms with E-state index in [4.69, 9.17) is 16.9 Å². The average Bonchev–Trinajstić information content (AvgIpc) is 3.42. The van der Waals surface area contributed by atoms with E-state index >= 15 is 0 Å². The maximum Gasteiger partial charge on any atom is 0.231 e. The summed E-state index contributed by atoms with van der Waals surface area (Å²) >= 11 is 6.34. The topological polar surface area (TPSA) is 77.1 Å². The van der Waals surface area contributed by atoms with Gasteiger partial charge in [-0.25, -0.2) is 9.37 Å². The average molecular weight is 491 g/mol. The van der Waals surface area contributed by atoms with Crippen LogP contribution in [0.4, 0.5) is 16.2 Å². The molecule has 10 heteroatoms. The lowest BCUT2D eigenvalue weighted by atomic mass is 9.73. The number of pyridine rings is 1. The Labute approximate surface area is 207 Å². The molecule has 1 saturated carbocycles. The van der Waals surface area contributed by atoms with Gasteiger partial charge in [-0.05, 0) is 48.7 Å². The number of nitriles is 1. The summed E-state index contributed by atoms with van der Waals surface area (Å²) in [7, 11) is 0. The first-order valence-corrected chi connectivity index (χ1v) is 12.3. The molecular weight excluding hydrogens is 467 g/mol. The third-order valence-electron chi connectivity index (χ3n) is 7.61. The lowest BCUT2D eigenvalue weighted by molar-refractivity contribution is 0.153. The zero-order chi connectivity index (χ0) is 23.8. The summed E-state index contributed by atoms with van der Waals surface area (Å²) in [6.45, 7) is 5.19. The summed E-state index contributed by atoms with van der Waals surface area (Å²) in [5.41, 5.74) is 1.65. The van der Waals surface area contributed by atoms with Crippen LogP contribution in [0.15, 0.2) is 36.4 Å². The van der Waals surface area contributed by atoms with Gasteiger partial charge in [-0.1, -0.05) is 17.7 Å². The van der Waals surface area contributed by atoms with E-state index in [1.165, 1.54) is 0 Å². The molecule has 3 fully saturated rings. The largest absolute Gasteiger partial charge is 0.355 e. The molecule has 2 saturated heterocycles. The maximum atomic E-state index is 14.6. The highest BCUT2D eigenvalue weighted by Crippen LogP contribution is 2.45. The van der Waals surface area contributed by atoms with E-state index in [1.807, 2.05) is 30.3 Å². The molecule has 3 aliphatic heterocycles. The van der Waals surface area contributed by atoms with Gasteiger partial charge < -0.3 is 9.80 Å². The molecule has 1 aromatic carbocycles. The second-order valence-electron chi connectivity index (χ2n) is 10.5. The lowest BCUT2D eigenvalue weighted by Gasteiger charge is -2.60. The van der Waals surface area contributed by atoms with Gasteiger partial charge in [0.05, 0.1) is 12.2 Å². The normalized spacial score (nSPS) is 21.4. The molecule has 0 N–H and O–H groups in total. The van der Waals surface area contributed by atoms with Gasteiger partial charge in [0, 0.05) is 49.7 Å². The van der Waals surface area contributed by atoms with Gasteiger partial charge in [0.15, 0.2) is 5.82 Å². The molecule has 0 unspecified atom stereocenters. The molecule has 4 aliphatic rings. The van der Waals surface area contributed by atoms with Gasteiger partial charge in [-0.15, -0.1) is 10.2 Å². The van der Waals surface area contributed by atoms with Crippen LogP contribution in [-0.4, -0.2) is 63.0 Å². The van der Waals surface area contributed by atoms with Crippen molar-refractivity contribution >= 4 is 23.4 Å². The smallest absolute Gasteiger partial charge is 0.231 e. The monoisotopic (exact) mass is 490 g/mol. The molecule has 8 nitrogen and oxygen atoms in total. The number of nitrogens with zero attached hydrogens (tertiary/aromatic N) is 8. The van der Waals surface area contributed by atoms with E-state index in [1.54, 1.807) is 6.07 Å². The highest BCUT2D eigenvalue weighted by Gasteiger charge is 2.53. The van der Waals surface area contributed by atoms with E-state index < -0.39 is 5.67 Å². The Hall–Kier alpha value is -3.22. The van der Waals surface area contributed by atoms with Crippen LogP contribution < -0.4 is 9.80 Å². The first kappa shape index (κ1) is 21.1. The highest BCUT2D eigenvalue weighted by molar-refractivity contribution is 6.30. The molecule has 0 atom stereocenters. The van der Waals surface area contributed by atoms with Crippen molar-refractivity contribution in [2.75, 3.05) is 42.5 Å². The Morgan fingerprint density at radius 2 is 1.83 bits per heavy atom. The third kappa shape index (κ3) is 3.55. The maximum absolute atomic E-state index is 14.6. The standard InChI is InChI=1S/C25H24ClFN8/c26-18-4-5-20-17(8-18)10-32(16-25(27)6-7-25)11-22-30-31-23(35(20)22)34-14-24(15-34)12-33(13-24)21-3-1-2-19(9-28)29-21/h1-5,8H,6-7,10-16H2. The van der Waals surface area contributed by atoms with Gasteiger partial charge in [-0.2, -0.15) is 5.26 Å². The third-order valence-corrected chi connectivity index (χ3v) is 7.85. The van der Waals surface area contributed by atoms with Crippen LogP contribution in [0.3, 0.4) is 0 Å². The minimum atomic E-state index is -1.07. The van der Waals surface area contributed by atoms with Crippen LogP contribution in [0, 0.1) is 16.7 Å². The second-order valence-corrected chi connectivity index (χ2v) is 11.0. The summed E-state index contributed by atoms with van der Waals surface area (Å²) < 4.78 is 16.8. The van der Waals surface area contributed by atoms with E-state index in [-0.39, 0.29) is 5.41 Å². The van der Waals surface area contributed by atoms with Crippen molar-refractivity contribution in [1.82, 2.24) is 24.6 Å². The number of hydrogen-bond donors (Lipinski definition) is 0.